The van der Waals surface area contributed by atoms with Crippen molar-refractivity contribution >= 4 is 0 Å². The monoisotopic (exact) mass is 288 g/mol. The molecule has 0 aromatic heterocycles. The average molecular weight is 288 g/mol. The van der Waals surface area contributed by atoms with Crippen LogP contribution in [0.1, 0.15) is 44.1 Å². The molecule has 116 valence electrons. The Bertz CT molecular complexity index is 449. The third kappa shape index (κ3) is 3.78. The zero-order chi connectivity index (χ0) is 14.5. The predicted molar refractivity (Wildman–Crippen MR) is 86.4 cm³/mol. The number of hydrogen-bond donors (Lipinski definition) is 1. The van der Waals surface area contributed by atoms with E-state index in [0.717, 1.165) is 36.3 Å². The van der Waals surface area contributed by atoms with Crippen LogP contribution < -0.4 is 10.5 Å². The Morgan fingerprint density at radius 2 is 2.10 bits per heavy atom. The van der Waals surface area contributed by atoms with Crippen LogP contribution in [-0.2, 0) is 6.54 Å². The van der Waals surface area contributed by atoms with E-state index in [1.54, 1.807) is 0 Å². The van der Waals surface area contributed by atoms with E-state index in [1.165, 1.54) is 45.2 Å². The average Bonchev–Trinajstić information content (AvgIpc) is 2.95. The molecule has 2 aliphatic rings. The van der Waals surface area contributed by atoms with Gasteiger partial charge in [-0.3, -0.25) is 4.90 Å². The van der Waals surface area contributed by atoms with Gasteiger partial charge in [-0.1, -0.05) is 25.0 Å². The molecule has 3 heteroatoms. The van der Waals surface area contributed by atoms with E-state index in [1.807, 2.05) is 24.3 Å². The van der Waals surface area contributed by atoms with Crippen molar-refractivity contribution in [1.82, 2.24) is 4.90 Å². The summed E-state index contributed by atoms with van der Waals surface area (Å²) in [5, 5.41) is 0. The van der Waals surface area contributed by atoms with Gasteiger partial charge in [-0.25, -0.2) is 0 Å². The van der Waals surface area contributed by atoms with Gasteiger partial charge < -0.3 is 10.5 Å². The highest BCUT2D eigenvalue weighted by Gasteiger charge is 2.34. The first-order valence-corrected chi connectivity index (χ1v) is 8.52. The number of hydrogen-bond acceptors (Lipinski definition) is 3. The smallest absolute Gasteiger partial charge is 0.119 e. The second kappa shape index (κ2) is 7.28. The summed E-state index contributed by atoms with van der Waals surface area (Å²) in [6.45, 7) is 3.88. The summed E-state index contributed by atoms with van der Waals surface area (Å²) in [4.78, 5) is 2.71. The van der Waals surface area contributed by atoms with Gasteiger partial charge >= 0.3 is 0 Å². The Kier molecular flexibility index (Phi) is 5.15. The van der Waals surface area contributed by atoms with Crippen LogP contribution in [0.2, 0.25) is 0 Å². The van der Waals surface area contributed by atoms with Crippen LogP contribution in [0.5, 0.6) is 5.75 Å². The zero-order valence-corrected chi connectivity index (χ0v) is 13.0. The summed E-state index contributed by atoms with van der Waals surface area (Å²) >= 11 is 0. The molecule has 1 heterocycles. The van der Waals surface area contributed by atoms with E-state index >= 15 is 0 Å². The largest absolute Gasteiger partial charge is 0.494 e. The van der Waals surface area contributed by atoms with E-state index in [2.05, 4.69) is 4.90 Å². The lowest BCUT2D eigenvalue weighted by molar-refractivity contribution is 0.170. The first-order chi connectivity index (χ1) is 10.4. The maximum absolute atomic E-state index is 5.86. The van der Waals surface area contributed by atoms with Crippen molar-refractivity contribution in [2.24, 2.45) is 11.7 Å². The molecule has 2 atom stereocenters. The van der Waals surface area contributed by atoms with E-state index in [4.69, 9.17) is 10.5 Å². The summed E-state index contributed by atoms with van der Waals surface area (Å²) in [5.74, 6) is 1.94. The van der Waals surface area contributed by atoms with Gasteiger partial charge in [-0.05, 0) is 55.8 Å². The second-order valence-corrected chi connectivity index (χ2v) is 6.49. The predicted octanol–water partition coefficient (Wildman–Crippen LogP) is 3.18. The first-order valence-electron chi connectivity index (χ1n) is 8.52. The number of nitrogens with zero attached hydrogens (tertiary/aromatic N) is 1. The van der Waals surface area contributed by atoms with Gasteiger partial charge in [0.2, 0.25) is 0 Å². The molecule has 1 saturated heterocycles. The van der Waals surface area contributed by atoms with Crippen LogP contribution >= 0.6 is 0 Å². The molecule has 2 unspecified atom stereocenters. The molecule has 2 fully saturated rings. The third-order valence-electron chi connectivity index (χ3n) is 5.12. The number of ether oxygens (including phenoxy) is 1. The lowest BCUT2D eigenvalue weighted by atomic mass is 9.85. The highest BCUT2D eigenvalue weighted by atomic mass is 16.5. The minimum atomic E-state index is 0.577. The Morgan fingerprint density at radius 1 is 1.19 bits per heavy atom. The molecule has 1 aromatic rings. The molecule has 0 bridgehead atoms. The molecule has 0 radical (unpaired) electrons. The van der Waals surface area contributed by atoms with Gasteiger partial charge in [0.15, 0.2) is 0 Å². The topological polar surface area (TPSA) is 38.5 Å². The number of nitrogens with two attached hydrogens (primary N) is 1. The van der Waals surface area contributed by atoms with Gasteiger partial charge in [0.1, 0.15) is 5.75 Å². The highest BCUT2D eigenvalue weighted by Crippen LogP contribution is 2.35. The maximum Gasteiger partial charge on any atom is 0.119 e. The SMILES string of the molecule is NCc1cccc(OCCCN2CCC3CCCCC32)c1. The van der Waals surface area contributed by atoms with Crippen molar-refractivity contribution in [2.45, 2.75) is 51.1 Å². The third-order valence-corrected chi connectivity index (χ3v) is 5.12. The van der Waals surface area contributed by atoms with Gasteiger partial charge in [0.05, 0.1) is 6.61 Å². The lowest BCUT2D eigenvalue weighted by Crippen LogP contribution is -2.35. The minimum Gasteiger partial charge on any atom is -0.494 e. The van der Waals surface area contributed by atoms with Crippen molar-refractivity contribution in [1.29, 1.82) is 0 Å². The number of benzene rings is 1. The van der Waals surface area contributed by atoms with E-state index in [9.17, 15) is 0 Å². The molecular weight excluding hydrogens is 260 g/mol. The first kappa shape index (κ1) is 14.9. The summed E-state index contributed by atoms with van der Waals surface area (Å²) in [7, 11) is 0. The second-order valence-electron chi connectivity index (χ2n) is 6.49. The molecule has 1 saturated carbocycles. The minimum absolute atomic E-state index is 0.577. The fourth-order valence-electron chi connectivity index (χ4n) is 4.00. The molecule has 0 amide bonds. The molecule has 3 nitrogen and oxygen atoms in total. The fraction of sp³-hybridized carbons (Fsp3) is 0.667. The van der Waals surface area contributed by atoms with Crippen molar-refractivity contribution in [2.75, 3.05) is 19.7 Å². The number of rotatable bonds is 6. The summed E-state index contributed by atoms with van der Waals surface area (Å²) < 4.78 is 5.86. The maximum atomic E-state index is 5.86. The fourth-order valence-corrected chi connectivity index (χ4v) is 4.00. The van der Waals surface area contributed by atoms with Gasteiger partial charge in [0, 0.05) is 19.1 Å². The van der Waals surface area contributed by atoms with Crippen LogP contribution in [0, 0.1) is 5.92 Å². The normalized spacial score (nSPS) is 25.8. The van der Waals surface area contributed by atoms with Crippen LogP contribution in [0.25, 0.3) is 0 Å². The molecule has 0 spiro atoms. The molecule has 21 heavy (non-hydrogen) atoms. The van der Waals surface area contributed by atoms with E-state index in [0.29, 0.717) is 6.54 Å². The van der Waals surface area contributed by atoms with Crippen LogP contribution in [0.3, 0.4) is 0 Å². The number of likely N-dealkylation sites (tertiary alicyclic amines) is 1. The van der Waals surface area contributed by atoms with Crippen molar-refractivity contribution in [3.8, 4) is 5.75 Å². The van der Waals surface area contributed by atoms with Crippen LogP contribution in [0.15, 0.2) is 24.3 Å². The van der Waals surface area contributed by atoms with Gasteiger partial charge in [-0.15, -0.1) is 0 Å². The Morgan fingerprint density at radius 3 is 3.00 bits per heavy atom. The number of fused-ring (bicyclic) bond motifs is 1. The summed E-state index contributed by atoms with van der Waals surface area (Å²) in [5.41, 5.74) is 6.79. The van der Waals surface area contributed by atoms with E-state index < -0.39 is 0 Å². The van der Waals surface area contributed by atoms with Crippen molar-refractivity contribution in [3.63, 3.8) is 0 Å². The lowest BCUT2D eigenvalue weighted by Gasteiger charge is -2.31. The standard InChI is InChI=1S/C18H28N2O/c19-14-15-5-3-7-17(13-15)21-12-4-10-20-11-9-16-6-1-2-8-18(16)20/h3,5,7,13,16,18H,1-2,4,6,8-12,14,19H2. The van der Waals surface area contributed by atoms with Crippen LogP contribution in [-0.4, -0.2) is 30.6 Å². The Hall–Kier alpha value is -1.06. The zero-order valence-electron chi connectivity index (χ0n) is 13.0. The highest BCUT2D eigenvalue weighted by molar-refractivity contribution is 5.28. The van der Waals surface area contributed by atoms with Crippen molar-refractivity contribution < 1.29 is 4.74 Å². The molecule has 1 aliphatic heterocycles. The Labute approximate surface area is 128 Å². The van der Waals surface area contributed by atoms with Crippen LogP contribution in [0.4, 0.5) is 0 Å². The van der Waals surface area contributed by atoms with Crippen molar-refractivity contribution in [3.05, 3.63) is 29.8 Å². The molecule has 1 aromatic carbocycles. The Balaban J connectivity index is 1.40. The molecule has 1 aliphatic carbocycles. The van der Waals surface area contributed by atoms with Gasteiger partial charge in [-0.2, -0.15) is 0 Å². The quantitative estimate of drug-likeness (QED) is 0.817. The van der Waals surface area contributed by atoms with Gasteiger partial charge in [0.25, 0.3) is 0 Å². The van der Waals surface area contributed by atoms with E-state index in [-0.39, 0.29) is 0 Å². The molecule has 2 N–H and O–H groups in total. The summed E-state index contributed by atoms with van der Waals surface area (Å²) in [6, 6.07) is 9.00. The molecular formula is C18H28N2O. The molecule has 3 rings (SSSR count). The summed E-state index contributed by atoms with van der Waals surface area (Å²) in [6.07, 6.45) is 8.31.